The monoisotopic (exact) mass is 350 g/mol. The van der Waals surface area contributed by atoms with E-state index in [2.05, 4.69) is 17.9 Å². The summed E-state index contributed by atoms with van der Waals surface area (Å²) in [6.45, 7) is 5.15. The first-order valence-electron chi connectivity index (χ1n) is 7.61. The Balaban J connectivity index is 1.62. The number of hydrogen-bond acceptors (Lipinski definition) is 4. The fourth-order valence-corrected chi connectivity index (χ4v) is 3.95. The van der Waals surface area contributed by atoms with Crippen LogP contribution >= 0.6 is 22.9 Å². The molecule has 23 heavy (non-hydrogen) atoms. The Kier molecular flexibility index (Phi) is 4.90. The van der Waals surface area contributed by atoms with Crippen LogP contribution in [0.2, 0.25) is 5.02 Å². The van der Waals surface area contributed by atoms with Gasteiger partial charge in [0.1, 0.15) is 5.75 Å². The van der Waals surface area contributed by atoms with Gasteiger partial charge in [0.25, 0.3) is 5.91 Å². The lowest BCUT2D eigenvalue weighted by molar-refractivity contribution is 0.0586. The summed E-state index contributed by atoms with van der Waals surface area (Å²) in [5.74, 6) is 0.157. The van der Waals surface area contributed by atoms with Crippen LogP contribution < -0.4 is 0 Å². The first-order chi connectivity index (χ1) is 11.1. The third kappa shape index (κ3) is 3.52. The molecule has 0 bridgehead atoms. The fraction of sp³-hybridized carbons (Fsp3) is 0.353. The molecule has 2 heterocycles. The van der Waals surface area contributed by atoms with Crippen LogP contribution in [0.3, 0.4) is 0 Å². The minimum atomic E-state index is 0.000321. The van der Waals surface area contributed by atoms with E-state index in [1.165, 1.54) is 17.4 Å². The Hall–Kier alpha value is -1.56. The predicted molar refractivity (Wildman–Crippen MR) is 93.3 cm³/mol. The molecule has 2 aromatic rings. The highest BCUT2D eigenvalue weighted by molar-refractivity contribution is 7.12. The van der Waals surface area contributed by atoms with E-state index in [-0.39, 0.29) is 17.7 Å². The quantitative estimate of drug-likeness (QED) is 0.919. The Labute approximate surface area is 144 Å². The number of amides is 1. The molecule has 1 fully saturated rings. The number of rotatable bonds is 3. The van der Waals surface area contributed by atoms with Gasteiger partial charge in [-0.1, -0.05) is 29.8 Å². The van der Waals surface area contributed by atoms with Crippen molar-refractivity contribution in [3.8, 4) is 5.75 Å². The zero-order valence-electron chi connectivity index (χ0n) is 12.9. The zero-order valence-corrected chi connectivity index (χ0v) is 14.5. The highest BCUT2D eigenvalue weighted by atomic mass is 35.5. The molecule has 0 spiro atoms. The minimum Gasteiger partial charge on any atom is -0.507 e. The fourth-order valence-electron chi connectivity index (χ4n) is 2.92. The molecule has 1 atom stereocenters. The van der Waals surface area contributed by atoms with Crippen molar-refractivity contribution in [1.29, 1.82) is 0 Å². The van der Waals surface area contributed by atoms with E-state index in [1.54, 1.807) is 5.38 Å². The van der Waals surface area contributed by atoms with Gasteiger partial charge < -0.3 is 10.0 Å². The lowest BCUT2D eigenvalue weighted by Gasteiger charge is -2.38. The second-order valence-electron chi connectivity index (χ2n) is 5.69. The number of hydrogen-bond donors (Lipinski definition) is 1. The molecular weight excluding hydrogens is 332 g/mol. The number of carbonyl (C=O) groups is 1. The van der Waals surface area contributed by atoms with E-state index in [0.29, 0.717) is 18.0 Å². The van der Waals surface area contributed by atoms with Gasteiger partial charge in [0, 0.05) is 48.7 Å². The van der Waals surface area contributed by atoms with Crippen molar-refractivity contribution < 1.29 is 9.90 Å². The highest BCUT2D eigenvalue weighted by Gasteiger charge is 2.26. The summed E-state index contributed by atoms with van der Waals surface area (Å²) >= 11 is 7.57. The maximum Gasteiger partial charge on any atom is 0.264 e. The smallest absolute Gasteiger partial charge is 0.264 e. The molecule has 6 heteroatoms. The highest BCUT2D eigenvalue weighted by Crippen LogP contribution is 2.28. The first-order valence-corrected chi connectivity index (χ1v) is 8.87. The van der Waals surface area contributed by atoms with E-state index < -0.39 is 0 Å². The maximum atomic E-state index is 12.4. The summed E-state index contributed by atoms with van der Waals surface area (Å²) in [6, 6.07) is 9.67. The van der Waals surface area contributed by atoms with Crippen molar-refractivity contribution in [3.05, 3.63) is 51.2 Å². The lowest BCUT2D eigenvalue weighted by atomic mass is 10.1. The Morgan fingerprint density at radius 2 is 1.96 bits per heavy atom. The number of halogens is 1. The lowest BCUT2D eigenvalue weighted by Crippen LogP contribution is -2.49. The largest absolute Gasteiger partial charge is 0.507 e. The molecule has 0 aliphatic carbocycles. The van der Waals surface area contributed by atoms with Crippen molar-refractivity contribution >= 4 is 28.8 Å². The van der Waals surface area contributed by atoms with Crippen LogP contribution in [0.4, 0.5) is 0 Å². The average Bonchev–Trinajstić information content (AvgIpc) is 3.01. The molecule has 1 N–H and O–H groups in total. The second-order valence-corrected chi connectivity index (χ2v) is 7.01. The molecule has 122 valence electrons. The number of aromatic hydroxyl groups is 1. The van der Waals surface area contributed by atoms with E-state index in [9.17, 15) is 9.90 Å². The maximum absolute atomic E-state index is 12.4. The third-order valence-corrected chi connectivity index (χ3v) is 5.55. The molecule has 1 amide bonds. The molecule has 1 aliphatic heterocycles. The number of piperazine rings is 1. The summed E-state index contributed by atoms with van der Waals surface area (Å²) in [6.07, 6.45) is 0. The van der Waals surface area contributed by atoms with Crippen LogP contribution in [-0.2, 0) is 0 Å². The van der Waals surface area contributed by atoms with Crippen LogP contribution in [0.1, 0.15) is 28.2 Å². The van der Waals surface area contributed by atoms with E-state index >= 15 is 0 Å². The molecular formula is C17H19ClN2O2S. The second kappa shape index (κ2) is 6.91. The van der Waals surface area contributed by atoms with E-state index in [4.69, 9.17) is 11.6 Å². The average molecular weight is 351 g/mol. The Bertz CT molecular complexity index is 695. The van der Waals surface area contributed by atoms with Gasteiger partial charge in [-0.25, -0.2) is 0 Å². The summed E-state index contributed by atoms with van der Waals surface area (Å²) < 4.78 is 0. The van der Waals surface area contributed by atoms with Crippen LogP contribution in [-0.4, -0.2) is 47.0 Å². The zero-order chi connectivity index (χ0) is 16.4. The van der Waals surface area contributed by atoms with Crippen LogP contribution in [0.15, 0.2) is 35.7 Å². The molecule has 0 radical (unpaired) electrons. The van der Waals surface area contributed by atoms with Crippen LogP contribution in [0.25, 0.3) is 0 Å². The third-order valence-electron chi connectivity index (χ3n) is 4.30. The first kappa shape index (κ1) is 16.3. The molecule has 3 rings (SSSR count). The van der Waals surface area contributed by atoms with Gasteiger partial charge in [0.05, 0.1) is 4.88 Å². The number of thiophene rings is 1. The van der Waals surface area contributed by atoms with E-state index in [1.807, 2.05) is 23.1 Å². The molecule has 0 unspecified atom stereocenters. The summed E-state index contributed by atoms with van der Waals surface area (Å²) in [5, 5.41) is 11.8. The van der Waals surface area contributed by atoms with Gasteiger partial charge in [0.2, 0.25) is 0 Å². The molecule has 4 nitrogen and oxygen atoms in total. The molecule has 1 aromatic heterocycles. The number of benzene rings is 1. The van der Waals surface area contributed by atoms with Crippen molar-refractivity contribution in [2.24, 2.45) is 0 Å². The van der Waals surface area contributed by atoms with Crippen molar-refractivity contribution in [2.45, 2.75) is 13.0 Å². The van der Waals surface area contributed by atoms with Gasteiger partial charge in [-0.2, -0.15) is 0 Å². The summed E-state index contributed by atoms with van der Waals surface area (Å²) in [7, 11) is 0. The van der Waals surface area contributed by atoms with Gasteiger partial charge in [-0.15, -0.1) is 11.3 Å². The predicted octanol–water partition coefficient (Wildman–Crippen LogP) is 3.63. The molecule has 1 aromatic carbocycles. The Morgan fingerprint density at radius 3 is 2.57 bits per heavy atom. The summed E-state index contributed by atoms with van der Waals surface area (Å²) in [4.78, 5) is 17.2. The Morgan fingerprint density at radius 1 is 1.26 bits per heavy atom. The van der Waals surface area contributed by atoms with Crippen molar-refractivity contribution in [3.63, 3.8) is 0 Å². The van der Waals surface area contributed by atoms with E-state index in [0.717, 1.165) is 23.7 Å². The van der Waals surface area contributed by atoms with Crippen molar-refractivity contribution in [1.82, 2.24) is 9.80 Å². The summed E-state index contributed by atoms with van der Waals surface area (Å²) in [5.41, 5.74) is 1.12. The molecule has 1 saturated heterocycles. The van der Waals surface area contributed by atoms with Crippen LogP contribution in [0, 0.1) is 0 Å². The standard InChI is InChI=1S/C17H19ClN2O2S/c1-12(14-4-2-3-5-15(14)18)19-6-8-20(9-7-19)17(22)16-10-13(21)11-23-16/h2-5,10-12,21H,6-9H2,1H3/t12-/m0/s1. The van der Waals surface area contributed by atoms with Gasteiger partial charge >= 0.3 is 0 Å². The number of carbonyl (C=O) groups excluding carboxylic acids is 1. The topological polar surface area (TPSA) is 43.8 Å². The molecule has 1 aliphatic rings. The minimum absolute atomic E-state index is 0.000321. The van der Waals surface area contributed by atoms with Gasteiger partial charge in [-0.05, 0) is 18.6 Å². The van der Waals surface area contributed by atoms with Gasteiger partial charge in [0.15, 0.2) is 0 Å². The SMILES string of the molecule is C[C@@H](c1ccccc1Cl)N1CCN(C(=O)c2cc(O)cs2)CC1. The number of nitrogens with zero attached hydrogens (tertiary/aromatic N) is 2. The molecule has 0 saturated carbocycles. The normalized spacial score (nSPS) is 17.2. The van der Waals surface area contributed by atoms with Gasteiger partial charge in [-0.3, -0.25) is 9.69 Å². The van der Waals surface area contributed by atoms with Crippen LogP contribution in [0.5, 0.6) is 5.75 Å². The van der Waals surface area contributed by atoms with Crippen molar-refractivity contribution in [2.75, 3.05) is 26.2 Å².